The maximum absolute atomic E-state index is 13.6. The SMILES string of the molecule is CCc1occc1C(Cl)c1c(F)cc(F)cc1F. The average Bonchev–Trinajstić information content (AvgIpc) is 2.75. The Morgan fingerprint density at radius 1 is 1.22 bits per heavy atom. The molecule has 2 aromatic rings. The van der Waals surface area contributed by atoms with E-state index in [9.17, 15) is 13.2 Å². The van der Waals surface area contributed by atoms with Gasteiger partial charge in [-0.25, -0.2) is 13.2 Å². The Hall–Kier alpha value is -1.42. The normalized spacial score (nSPS) is 12.7. The Morgan fingerprint density at radius 3 is 2.39 bits per heavy atom. The summed E-state index contributed by atoms with van der Waals surface area (Å²) in [6.45, 7) is 1.84. The molecule has 1 unspecified atom stereocenters. The minimum atomic E-state index is -1.04. The molecule has 0 fully saturated rings. The van der Waals surface area contributed by atoms with Crippen LogP contribution in [-0.4, -0.2) is 0 Å². The van der Waals surface area contributed by atoms with Crippen molar-refractivity contribution in [1.82, 2.24) is 0 Å². The molecule has 2 rings (SSSR count). The fraction of sp³-hybridized carbons (Fsp3) is 0.231. The van der Waals surface area contributed by atoms with Gasteiger partial charge in [0.25, 0.3) is 0 Å². The Morgan fingerprint density at radius 2 is 1.83 bits per heavy atom. The molecule has 18 heavy (non-hydrogen) atoms. The smallest absolute Gasteiger partial charge is 0.134 e. The lowest BCUT2D eigenvalue weighted by molar-refractivity contribution is 0.507. The van der Waals surface area contributed by atoms with Gasteiger partial charge in [-0.1, -0.05) is 6.92 Å². The molecule has 1 aromatic carbocycles. The van der Waals surface area contributed by atoms with Gasteiger partial charge in [0.2, 0.25) is 0 Å². The van der Waals surface area contributed by atoms with Crippen LogP contribution in [0.2, 0.25) is 0 Å². The zero-order valence-corrected chi connectivity index (χ0v) is 10.3. The van der Waals surface area contributed by atoms with E-state index in [0.717, 1.165) is 0 Å². The lowest BCUT2D eigenvalue weighted by atomic mass is 10.0. The highest BCUT2D eigenvalue weighted by Crippen LogP contribution is 2.35. The number of benzene rings is 1. The Balaban J connectivity index is 2.49. The monoisotopic (exact) mass is 274 g/mol. The number of furan rings is 1. The van der Waals surface area contributed by atoms with Crippen molar-refractivity contribution >= 4 is 11.6 Å². The van der Waals surface area contributed by atoms with Crippen molar-refractivity contribution < 1.29 is 17.6 Å². The van der Waals surface area contributed by atoms with Crippen molar-refractivity contribution in [3.8, 4) is 0 Å². The second kappa shape index (κ2) is 5.06. The van der Waals surface area contributed by atoms with Gasteiger partial charge in [0.1, 0.15) is 23.2 Å². The maximum atomic E-state index is 13.6. The van der Waals surface area contributed by atoms with Gasteiger partial charge >= 0.3 is 0 Å². The topological polar surface area (TPSA) is 13.1 Å². The van der Waals surface area contributed by atoms with Crippen molar-refractivity contribution in [2.24, 2.45) is 0 Å². The third-order valence-electron chi connectivity index (χ3n) is 2.67. The molecule has 0 amide bonds. The molecule has 1 nitrogen and oxygen atoms in total. The second-order valence-electron chi connectivity index (χ2n) is 3.80. The van der Waals surface area contributed by atoms with Gasteiger partial charge in [-0.15, -0.1) is 11.6 Å². The summed E-state index contributed by atoms with van der Waals surface area (Å²) in [6.07, 6.45) is 1.96. The molecule has 96 valence electrons. The van der Waals surface area contributed by atoms with E-state index in [1.807, 2.05) is 6.92 Å². The summed E-state index contributed by atoms with van der Waals surface area (Å²) in [7, 11) is 0. The van der Waals surface area contributed by atoms with Crippen LogP contribution in [-0.2, 0) is 6.42 Å². The van der Waals surface area contributed by atoms with Gasteiger partial charge in [-0.05, 0) is 6.07 Å². The van der Waals surface area contributed by atoms with E-state index in [2.05, 4.69) is 0 Å². The summed E-state index contributed by atoms with van der Waals surface area (Å²) in [6, 6.07) is 2.78. The number of hydrogen-bond donors (Lipinski definition) is 0. The van der Waals surface area contributed by atoms with Crippen LogP contribution in [0.1, 0.15) is 29.2 Å². The summed E-state index contributed by atoms with van der Waals surface area (Å²) < 4.78 is 45.2. The molecule has 0 aliphatic heterocycles. The van der Waals surface area contributed by atoms with Crippen molar-refractivity contribution in [2.75, 3.05) is 0 Å². The van der Waals surface area contributed by atoms with E-state index < -0.39 is 22.8 Å². The molecule has 1 atom stereocenters. The molecule has 0 N–H and O–H groups in total. The standard InChI is InChI=1S/C13H10ClF3O/c1-2-11-8(3-4-18-11)13(14)12-9(16)5-7(15)6-10(12)17/h3-6,13H,2H2,1H3. The van der Waals surface area contributed by atoms with E-state index in [0.29, 0.717) is 29.9 Å². The first-order valence-electron chi connectivity index (χ1n) is 5.39. The number of alkyl halides is 1. The quantitative estimate of drug-likeness (QED) is 0.746. The Bertz CT molecular complexity index is 542. The summed E-state index contributed by atoms with van der Waals surface area (Å²) in [5.41, 5.74) is 0.123. The molecular weight excluding hydrogens is 265 g/mol. The fourth-order valence-corrected chi connectivity index (χ4v) is 2.22. The first kappa shape index (κ1) is 13.0. The van der Waals surface area contributed by atoms with Crippen LogP contribution in [0.4, 0.5) is 13.2 Å². The molecule has 0 aliphatic carbocycles. The van der Waals surface area contributed by atoms with Gasteiger partial charge in [-0.3, -0.25) is 0 Å². The summed E-state index contributed by atoms with van der Waals surface area (Å²) in [5, 5.41) is -1.04. The van der Waals surface area contributed by atoms with E-state index in [1.165, 1.54) is 6.26 Å². The Kier molecular flexibility index (Phi) is 3.66. The van der Waals surface area contributed by atoms with Crippen molar-refractivity contribution in [2.45, 2.75) is 18.7 Å². The zero-order chi connectivity index (χ0) is 13.3. The molecule has 0 saturated heterocycles. The van der Waals surface area contributed by atoms with E-state index in [1.54, 1.807) is 6.07 Å². The summed E-state index contributed by atoms with van der Waals surface area (Å²) in [4.78, 5) is 0. The highest BCUT2D eigenvalue weighted by molar-refractivity contribution is 6.22. The zero-order valence-electron chi connectivity index (χ0n) is 9.51. The molecule has 0 radical (unpaired) electrons. The fourth-order valence-electron chi connectivity index (χ4n) is 1.81. The molecule has 0 saturated carbocycles. The summed E-state index contributed by atoms with van der Waals surface area (Å²) in [5.74, 6) is -2.43. The number of aryl methyl sites for hydroxylation is 1. The molecule has 1 heterocycles. The molecular formula is C13H10ClF3O. The minimum Gasteiger partial charge on any atom is -0.469 e. The molecule has 1 aromatic heterocycles. The largest absolute Gasteiger partial charge is 0.469 e. The van der Waals surface area contributed by atoms with Crippen molar-refractivity contribution in [1.29, 1.82) is 0 Å². The first-order chi connectivity index (χ1) is 8.54. The van der Waals surface area contributed by atoms with Gasteiger partial charge in [-0.2, -0.15) is 0 Å². The van der Waals surface area contributed by atoms with E-state index in [4.69, 9.17) is 16.0 Å². The van der Waals surface area contributed by atoms with Crippen LogP contribution in [0.5, 0.6) is 0 Å². The number of hydrogen-bond acceptors (Lipinski definition) is 1. The van der Waals surface area contributed by atoms with Gasteiger partial charge in [0.05, 0.1) is 11.6 Å². The highest BCUT2D eigenvalue weighted by atomic mass is 35.5. The molecule has 5 heteroatoms. The van der Waals surface area contributed by atoms with Crippen LogP contribution in [0, 0.1) is 17.5 Å². The van der Waals surface area contributed by atoms with Crippen molar-refractivity contribution in [3.63, 3.8) is 0 Å². The third-order valence-corrected chi connectivity index (χ3v) is 3.12. The van der Waals surface area contributed by atoms with Crippen LogP contribution in [0.3, 0.4) is 0 Å². The molecule has 0 spiro atoms. The first-order valence-corrected chi connectivity index (χ1v) is 5.83. The lowest BCUT2D eigenvalue weighted by Crippen LogP contribution is -2.03. The predicted molar refractivity (Wildman–Crippen MR) is 62.1 cm³/mol. The van der Waals surface area contributed by atoms with E-state index >= 15 is 0 Å². The highest BCUT2D eigenvalue weighted by Gasteiger charge is 2.24. The predicted octanol–water partition coefficient (Wildman–Crippen LogP) is 4.59. The van der Waals surface area contributed by atoms with Crippen molar-refractivity contribution in [3.05, 3.63) is 58.8 Å². The van der Waals surface area contributed by atoms with Gasteiger partial charge in [0.15, 0.2) is 0 Å². The lowest BCUT2D eigenvalue weighted by Gasteiger charge is -2.12. The second-order valence-corrected chi connectivity index (χ2v) is 4.23. The Labute approximate surface area is 107 Å². The number of rotatable bonds is 3. The van der Waals surface area contributed by atoms with Crippen LogP contribution in [0.25, 0.3) is 0 Å². The van der Waals surface area contributed by atoms with Crippen LogP contribution < -0.4 is 0 Å². The van der Waals surface area contributed by atoms with Crippen LogP contribution in [0.15, 0.2) is 28.9 Å². The average molecular weight is 275 g/mol. The maximum Gasteiger partial charge on any atom is 0.134 e. The third kappa shape index (κ3) is 2.25. The number of halogens is 4. The summed E-state index contributed by atoms with van der Waals surface area (Å²) >= 11 is 6.06. The molecule has 0 bridgehead atoms. The van der Waals surface area contributed by atoms with Gasteiger partial charge in [0, 0.05) is 29.7 Å². The van der Waals surface area contributed by atoms with Crippen LogP contribution >= 0.6 is 11.6 Å². The van der Waals surface area contributed by atoms with Gasteiger partial charge < -0.3 is 4.42 Å². The van der Waals surface area contributed by atoms with E-state index in [-0.39, 0.29) is 5.56 Å². The molecule has 0 aliphatic rings. The minimum absolute atomic E-state index is 0.367.